The van der Waals surface area contributed by atoms with Gasteiger partial charge in [0.25, 0.3) is 0 Å². The summed E-state index contributed by atoms with van der Waals surface area (Å²) in [5.41, 5.74) is 6.85. The molecule has 1 saturated heterocycles. The molecule has 0 bridgehead atoms. The van der Waals surface area contributed by atoms with Crippen LogP contribution in [0.15, 0.2) is 48.5 Å². The molecular formula is C23H27FN2O4. The zero-order chi connectivity index (χ0) is 21.7. The number of nitrogens with zero attached hydrogens (tertiary/aromatic N) is 1. The van der Waals surface area contributed by atoms with Crippen molar-refractivity contribution in [1.82, 2.24) is 4.90 Å². The van der Waals surface area contributed by atoms with Crippen molar-refractivity contribution in [3.63, 3.8) is 0 Å². The maximum absolute atomic E-state index is 13.7. The Balaban J connectivity index is 1.70. The lowest BCUT2D eigenvalue weighted by Crippen LogP contribution is -2.45. The highest BCUT2D eigenvalue weighted by molar-refractivity contribution is 5.85. The zero-order valence-corrected chi connectivity index (χ0v) is 17.2. The number of hydrogen-bond donors (Lipinski definition) is 1. The van der Waals surface area contributed by atoms with E-state index in [9.17, 15) is 14.0 Å². The molecule has 3 rings (SSSR count). The molecule has 7 heteroatoms. The number of halogens is 1. The van der Waals surface area contributed by atoms with E-state index in [4.69, 9.17) is 15.2 Å². The van der Waals surface area contributed by atoms with Gasteiger partial charge in [-0.25, -0.2) is 9.18 Å². The number of benzene rings is 2. The van der Waals surface area contributed by atoms with E-state index >= 15 is 0 Å². The normalized spacial score (nSPS) is 18.5. The summed E-state index contributed by atoms with van der Waals surface area (Å²) in [7, 11) is 0. The minimum absolute atomic E-state index is 0.118. The van der Waals surface area contributed by atoms with Crippen molar-refractivity contribution < 1.29 is 23.5 Å². The van der Waals surface area contributed by atoms with Crippen LogP contribution in [0.1, 0.15) is 43.9 Å². The van der Waals surface area contributed by atoms with Gasteiger partial charge in [-0.1, -0.05) is 44.2 Å². The Morgan fingerprint density at radius 3 is 2.47 bits per heavy atom. The number of likely N-dealkylation sites (tertiary alicyclic amines) is 1. The predicted molar refractivity (Wildman–Crippen MR) is 110 cm³/mol. The standard InChI is InChI=1S/C23H27FN2O4/c1-15(2)13-30-23(28)26-20(11-12-21(26)22(25)27)16-7-9-18(10-8-16)29-14-17-5-3-4-6-19(17)24/h3-10,15,20-21H,11-14H2,1-2H3,(H2,25,27)/t20?,21-/m0/s1. The van der Waals surface area contributed by atoms with Crippen molar-refractivity contribution in [3.05, 3.63) is 65.5 Å². The molecule has 1 unspecified atom stereocenters. The van der Waals surface area contributed by atoms with Crippen LogP contribution >= 0.6 is 0 Å². The number of ether oxygens (including phenoxy) is 2. The second-order valence-electron chi connectivity index (χ2n) is 7.84. The van der Waals surface area contributed by atoms with Crippen LogP contribution in [-0.4, -0.2) is 29.5 Å². The van der Waals surface area contributed by atoms with E-state index in [2.05, 4.69) is 0 Å². The van der Waals surface area contributed by atoms with Gasteiger partial charge < -0.3 is 15.2 Å². The number of amides is 2. The smallest absolute Gasteiger partial charge is 0.410 e. The Morgan fingerprint density at radius 2 is 1.83 bits per heavy atom. The molecule has 1 fully saturated rings. The predicted octanol–water partition coefficient (Wildman–Crippen LogP) is 4.19. The Labute approximate surface area is 175 Å². The van der Waals surface area contributed by atoms with Crippen LogP contribution in [0.2, 0.25) is 0 Å². The number of rotatable bonds is 7. The first-order valence-corrected chi connectivity index (χ1v) is 10.1. The molecule has 0 aromatic heterocycles. The summed E-state index contributed by atoms with van der Waals surface area (Å²) in [6.45, 7) is 4.28. The average Bonchev–Trinajstić information content (AvgIpc) is 3.17. The maximum Gasteiger partial charge on any atom is 0.410 e. The molecule has 2 aromatic rings. The van der Waals surface area contributed by atoms with Crippen LogP contribution in [0.4, 0.5) is 9.18 Å². The summed E-state index contributed by atoms with van der Waals surface area (Å²) >= 11 is 0. The molecule has 6 nitrogen and oxygen atoms in total. The van der Waals surface area contributed by atoms with Crippen LogP contribution in [0, 0.1) is 11.7 Å². The molecule has 2 atom stereocenters. The SMILES string of the molecule is CC(C)COC(=O)N1C(c2ccc(OCc3ccccc3F)cc2)CC[C@H]1C(N)=O. The molecule has 2 aromatic carbocycles. The molecule has 2 amide bonds. The van der Waals surface area contributed by atoms with Gasteiger partial charge in [0.05, 0.1) is 12.6 Å². The van der Waals surface area contributed by atoms with Crippen LogP contribution < -0.4 is 10.5 Å². The van der Waals surface area contributed by atoms with Gasteiger partial charge in [0.15, 0.2) is 0 Å². The third kappa shape index (κ3) is 5.09. The van der Waals surface area contributed by atoms with Crippen LogP contribution in [0.3, 0.4) is 0 Å². The number of nitrogens with two attached hydrogens (primary N) is 1. The summed E-state index contributed by atoms with van der Waals surface area (Å²) in [5.74, 6) is -0.0785. The van der Waals surface area contributed by atoms with E-state index in [1.807, 2.05) is 26.0 Å². The summed E-state index contributed by atoms with van der Waals surface area (Å²) in [6.07, 6.45) is 0.567. The molecule has 0 aliphatic carbocycles. The van der Waals surface area contributed by atoms with Gasteiger partial charge >= 0.3 is 6.09 Å². The van der Waals surface area contributed by atoms with Gasteiger partial charge in [0.2, 0.25) is 5.91 Å². The van der Waals surface area contributed by atoms with Crippen LogP contribution in [-0.2, 0) is 16.1 Å². The molecule has 0 radical (unpaired) electrons. The number of carbonyl (C=O) groups is 2. The molecule has 1 aliphatic heterocycles. The van der Waals surface area contributed by atoms with Gasteiger partial charge in [0.1, 0.15) is 24.2 Å². The Morgan fingerprint density at radius 1 is 1.13 bits per heavy atom. The van der Waals surface area contributed by atoms with Crippen molar-refractivity contribution in [2.75, 3.05) is 6.61 Å². The van der Waals surface area contributed by atoms with E-state index in [1.165, 1.54) is 11.0 Å². The Bertz CT molecular complexity index is 885. The topological polar surface area (TPSA) is 81.9 Å². The molecule has 0 saturated carbocycles. The summed E-state index contributed by atoms with van der Waals surface area (Å²) in [5, 5.41) is 0. The summed E-state index contributed by atoms with van der Waals surface area (Å²) in [6, 6.07) is 12.7. The van der Waals surface area contributed by atoms with Crippen LogP contribution in [0.25, 0.3) is 0 Å². The molecule has 1 heterocycles. The summed E-state index contributed by atoms with van der Waals surface area (Å²) in [4.78, 5) is 25.9. The number of carbonyl (C=O) groups excluding carboxylic acids is 2. The third-order valence-electron chi connectivity index (χ3n) is 5.08. The lowest BCUT2D eigenvalue weighted by molar-refractivity contribution is -0.122. The van der Waals surface area contributed by atoms with Crippen molar-refractivity contribution in [1.29, 1.82) is 0 Å². The molecule has 0 spiro atoms. The van der Waals surface area contributed by atoms with E-state index in [0.717, 1.165) is 5.56 Å². The monoisotopic (exact) mass is 414 g/mol. The highest BCUT2D eigenvalue weighted by Gasteiger charge is 2.41. The fourth-order valence-corrected chi connectivity index (χ4v) is 3.55. The maximum atomic E-state index is 13.7. The summed E-state index contributed by atoms with van der Waals surface area (Å²) < 4.78 is 24.8. The van der Waals surface area contributed by atoms with E-state index in [1.54, 1.807) is 30.3 Å². The molecule has 1 aliphatic rings. The Kier molecular flexibility index (Phi) is 6.92. The number of hydrogen-bond acceptors (Lipinski definition) is 4. The minimum Gasteiger partial charge on any atom is -0.489 e. The van der Waals surface area contributed by atoms with Gasteiger partial charge in [-0.15, -0.1) is 0 Å². The lowest BCUT2D eigenvalue weighted by atomic mass is 10.0. The van der Waals surface area contributed by atoms with Gasteiger partial charge in [-0.2, -0.15) is 0 Å². The van der Waals surface area contributed by atoms with Crippen molar-refractivity contribution >= 4 is 12.0 Å². The fraction of sp³-hybridized carbons (Fsp3) is 0.391. The first kappa shape index (κ1) is 21.6. The highest BCUT2D eigenvalue weighted by Crippen LogP contribution is 2.37. The van der Waals surface area contributed by atoms with E-state index in [0.29, 0.717) is 24.2 Å². The average molecular weight is 414 g/mol. The van der Waals surface area contributed by atoms with E-state index in [-0.39, 0.29) is 31.0 Å². The van der Waals surface area contributed by atoms with Crippen LogP contribution in [0.5, 0.6) is 5.75 Å². The third-order valence-corrected chi connectivity index (χ3v) is 5.08. The van der Waals surface area contributed by atoms with E-state index < -0.39 is 18.0 Å². The molecule has 2 N–H and O–H groups in total. The first-order valence-electron chi connectivity index (χ1n) is 10.1. The van der Waals surface area contributed by atoms with Gasteiger partial charge in [-0.3, -0.25) is 9.69 Å². The Hall–Kier alpha value is -3.09. The molecule has 30 heavy (non-hydrogen) atoms. The highest BCUT2D eigenvalue weighted by atomic mass is 19.1. The second-order valence-corrected chi connectivity index (χ2v) is 7.84. The second kappa shape index (κ2) is 9.61. The van der Waals surface area contributed by atoms with Gasteiger partial charge in [-0.05, 0) is 42.5 Å². The lowest BCUT2D eigenvalue weighted by Gasteiger charge is -2.28. The van der Waals surface area contributed by atoms with Crippen molar-refractivity contribution in [2.45, 2.75) is 45.4 Å². The van der Waals surface area contributed by atoms with Gasteiger partial charge in [0, 0.05) is 5.56 Å². The largest absolute Gasteiger partial charge is 0.489 e. The minimum atomic E-state index is -0.688. The first-order chi connectivity index (χ1) is 14.4. The quantitative estimate of drug-likeness (QED) is 0.737. The number of primary amides is 1. The van der Waals surface area contributed by atoms with Crippen molar-refractivity contribution in [2.24, 2.45) is 11.7 Å². The fourth-order valence-electron chi connectivity index (χ4n) is 3.55. The molecule has 160 valence electrons. The molecular weight excluding hydrogens is 387 g/mol. The van der Waals surface area contributed by atoms with Crippen molar-refractivity contribution in [3.8, 4) is 5.75 Å². The zero-order valence-electron chi connectivity index (χ0n) is 17.2.